The number of nitrogen functional groups attached to an aromatic ring is 1. The van der Waals surface area contributed by atoms with E-state index in [0.29, 0.717) is 0 Å². The summed E-state index contributed by atoms with van der Waals surface area (Å²) in [7, 11) is 0. The first-order valence-corrected chi connectivity index (χ1v) is 5.96. The van der Waals surface area contributed by atoms with E-state index in [-0.39, 0.29) is 0 Å². The van der Waals surface area contributed by atoms with Gasteiger partial charge in [0.2, 0.25) is 0 Å². The van der Waals surface area contributed by atoms with Crippen molar-refractivity contribution in [2.24, 2.45) is 4.99 Å². The van der Waals surface area contributed by atoms with Gasteiger partial charge in [-0.05, 0) is 29.6 Å². The largest absolute Gasteiger partial charge is 0.399 e. The lowest BCUT2D eigenvalue weighted by atomic mass is 10.2. The Labute approximate surface area is 97.6 Å². The predicted octanol–water partition coefficient (Wildman–Crippen LogP) is 2.88. The molecule has 0 amide bonds. The third-order valence-corrected chi connectivity index (χ3v) is 3.45. The Morgan fingerprint density at radius 2 is 2.25 bits per heavy atom. The number of rotatable bonds is 1. The molecule has 0 fully saturated rings. The zero-order chi connectivity index (χ0) is 11.0. The lowest BCUT2D eigenvalue weighted by Gasteiger charge is -2.17. The fourth-order valence-electron chi connectivity index (χ4n) is 1.74. The molecule has 2 aromatic rings. The van der Waals surface area contributed by atoms with Crippen LogP contribution in [-0.4, -0.2) is 12.3 Å². The minimum Gasteiger partial charge on any atom is -0.399 e. The van der Waals surface area contributed by atoms with Crippen molar-refractivity contribution in [2.45, 2.75) is 0 Å². The van der Waals surface area contributed by atoms with E-state index in [1.54, 1.807) is 11.3 Å². The van der Waals surface area contributed by atoms with Gasteiger partial charge in [-0.25, -0.2) is 4.99 Å². The van der Waals surface area contributed by atoms with Crippen LogP contribution in [-0.2, 0) is 0 Å². The van der Waals surface area contributed by atoms with Gasteiger partial charge in [-0.3, -0.25) is 0 Å². The Bertz CT molecular complexity index is 543. The van der Waals surface area contributed by atoms with Crippen LogP contribution in [0.3, 0.4) is 0 Å². The molecule has 0 unspecified atom stereocenters. The summed E-state index contributed by atoms with van der Waals surface area (Å²) < 4.78 is 0. The molecule has 3 N–H and O–H groups in total. The minimum atomic E-state index is 0.747. The molecule has 0 spiro atoms. The monoisotopic (exact) mass is 229 g/mol. The van der Waals surface area contributed by atoms with Crippen LogP contribution in [0.15, 0.2) is 40.7 Å². The highest BCUT2D eigenvalue weighted by atomic mass is 32.1. The molecule has 2 heterocycles. The highest BCUT2D eigenvalue weighted by molar-refractivity contribution is 7.12. The number of hydrogen-bond donors (Lipinski definition) is 2. The molecule has 0 bridgehead atoms. The van der Waals surface area contributed by atoms with Gasteiger partial charge >= 0.3 is 0 Å². The van der Waals surface area contributed by atoms with Crippen molar-refractivity contribution in [1.82, 2.24) is 0 Å². The summed E-state index contributed by atoms with van der Waals surface area (Å²) in [6.07, 6.45) is 0. The number of nitrogens with two attached hydrogens (primary N) is 1. The van der Waals surface area contributed by atoms with E-state index in [2.05, 4.69) is 21.8 Å². The quantitative estimate of drug-likeness (QED) is 0.739. The summed E-state index contributed by atoms with van der Waals surface area (Å²) >= 11 is 1.71. The molecule has 4 heteroatoms. The smallest absolute Gasteiger partial charge is 0.0886 e. The molecular formula is C12H11N3S. The first kappa shape index (κ1) is 9.42. The van der Waals surface area contributed by atoms with Gasteiger partial charge in [-0.1, -0.05) is 6.07 Å². The topological polar surface area (TPSA) is 50.4 Å². The molecule has 0 saturated carbocycles. The molecular weight excluding hydrogens is 218 g/mol. The van der Waals surface area contributed by atoms with Gasteiger partial charge in [0.1, 0.15) is 0 Å². The van der Waals surface area contributed by atoms with E-state index in [1.807, 2.05) is 24.3 Å². The van der Waals surface area contributed by atoms with Gasteiger partial charge < -0.3 is 11.1 Å². The Balaban J connectivity index is 2.07. The van der Waals surface area contributed by atoms with E-state index in [0.717, 1.165) is 29.3 Å². The van der Waals surface area contributed by atoms with Gasteiger partial charge in [-0.15, -0.1) is 11.3 Å². The van der Waals surface area contributed by atoms with E-state index >= 15 is 0 Å². The maximum absolute atomic E-state index is 5.75. The minimum absolute atomic E-state index is 0.747. The lowest BCUT2D eigenvalue weighted by Crippen LogP contribution is -2.17. The van der Waals surface area contributed by atoms with Crippen LogP contribution in [0.1, 0.15) is 4.88 Å². The number of hydrogen-bond acceptors (Lipinski definition) is 4. The van der Waals surface area contributed by atoms with Crippen molar-refractivity contribution >= 4 is 34.1 Å². The molecule has 3 rings (SSSR count). The SMILES string of the molecule is Nc1ccc2c(c1)N=C(c1cccs1)CN2. The van der Waals surface area contributed by atoms with Gasteiger partial charge in [0.05, 0.1) is 28.5 Å². The second-order valence-electron chi connectivity index (χ2n) is 3.67. The van der Waals surface area contributed by atoms with Crippen molar-refractivity contribution in [3.05, 3.63) is 40.6 Å². The molecule has 0 radical (unpaired) electrons. The first-order chi connectivity index (χ1) is 7.83. The summed E-state index contributed by atoms with van der Waals surface area (Å²) in [5.41, 5.74) is 9.55. The van der Waals surface area contributed by atoms with E-state index in [1.165, 1.54) is 4.88 Å². The molecule has 80 valence electrons. The molecule has 1 aliphatic heterocycles. The Morgan fingerprint density at radius 1 is 1.31 bits per heavy atom. The van der Waals surface area contributed by atoms with Crippen LogP contribution < -0.4 is 11.1 Å². The van der Waals surface area contributed by atoms with Crippen molar-refractivity contribution in [3.8, 4) is 0 Å². The Hall–Kier alpha value is -1.81. The number of nitrogens with one attached hydrogen (secondary N) is 1. The Kier molecular flexibility index (Phi) is 2.15. The van der Waals surface area contributed by atoms with Gasteiger partial charge in [0, 0.05) is 5.69 Å². The van der Waals surface area contributed by atoms with Crippen LogP contribution in [0, 0.1) is 0 Å². The van der Waals surface area contributed by atoms with Crippen LogP contribution in [0.4, 0.5) is 17.1 Å². The predicted molar refractivity (Wildman–Crippen MR) is 69.9 cm³/mol. The third-order valence-electron chi connectivity index (χ3n) is 2.53. The third kappa shape index (κ3) is 1.57. The number of aliphatic imine (C=N–C) groups is 1. The highest BCUT2D eigenvalue weighted by Gasteiger charge is 2.13. The van der Waals surface area contributed by atoms with Crippen LogP contribution in [0.5, 0.6) is 0 Å². The standard InChI is InChI=1S/C12H11N3S/c13-8-3-4-9-10(6-8)15-11(7-14-9)12-2-1-5-16-12/h1-6,14H,7,13H2. The van der Waals surface area contributed by atoms with E-state index < -0.39 is 0 Å². The van der Waals surface area contributed by atoms with E-state index in [4.69, 9.17) is 5.73 Å². The molecule has 1 aromatic heterocycles. The molecule has 1 aliphatic rings. The molecule has 1 aromatic carbocycles. The summed E-state index contributed by atoms with van der Waals surface area (Å²) in [4.78, 5) is 5.84. The normalized spacial score (nSPS) is 13.9. The van der Waals surface area contributed by atoms with Gasteiger partial charge in [-0.2, -0.15) is 0 Å². The average molecular weight is 229 g/mol. The summed E-state index contributed by atoms with van der Waals surface area (Å²) in [6, 6.07) is 9.88. The zero-order valence-corrected chi connectivity index (χ0v) is 9.42. The van der Waals surface area contributed by atoms with Crippen molar-refractivity contribution in [3.63, 3.8) is 0 Å². The molecule has 0 aliphatic carbocycles. The average Bonchev–Trinajstić information content (AvgIpc) is 2.81. The van der Waals surface area contributed by atoms with Crippen LogP contribution in [0.2, 0.25) is 0 Å². The van der Waals surface area contributed by atoms with Gasteiger partial charge in [0.15, 0.2) is 0 Å². The van der Waals surface area contributed by atoms with Crippen molar-refractivity contribution in [1.29, 1.82) is 0 Å². The second kappa shape index (κ2) is 3.64. The van der Waals surface area contributed by atoms with E-state index in [9.17, 15) is 0 Å². The summed E-state index contributed by atoms with van der Waals surface area (Å²) in [5.74, 6) is 0. The number of benzene rings is 1. The first-order valence-electron chi connectivity index (χ1n) is 5.08. The lowest BCUT2D eigenvalue weighted by molar-refractivity contribution is 1.30. The fourth-order valence-corrected chi connectivity index (χ4v) is 2.45. The summed E-state index contributed by atoms with van der Waals surface area (Å²) in [5, 5.41) is 5.41. The molecule has 0 saturated heterocycles. The maximum atomic E-state index is 5.75. The van der Waals surface area contributed by atoms with Crippen molar-refractivity contribution < 1.29 is 0 Å². The van der Waals surface area contributed by atoms with Crippen molar-refractivity contribution in [2.75, 3.05) is 17.6 Å². The fraction of sp³-hybridized carbons (Fsp3) is 0.0833. The highest BCUT2D eigenvalue weighted by Crippen LogP contribution is 2.31. The van der Waals surface area contributed by atoms with Crippen LogP contribution >= 0.6 is 11.3 Å². The van der Waals surface area contributed by atoms with Crippen LogP contribution in [0.25, 0.3) is 0 Å². The Morgan fingerprint density at radius 3 is 3.06 bits per heavy atom. The number of nitrogens with zero attached hydrogens (tertiary/aromatic N) is 1. The number of anilines is 2. The number of thiophene rings is 1. The summed E-state index contributed by atoms with van der Waals surface area (Å²) in [6.45, 7) is 0.775. The van der Waals surface area contributed by atoms with Gasteiger partial charge in [0.25, 0.3) is 0 Å². The molecule has 16 heavy (non-hydrogen) atoms. The number of fused-ring (bicyclic) bond motifs is 1. The maximum Gasteiger partial charge on any atom is 0.0886 e. The molecule has 0 atom stereocenters. The zero-order valence-electron chi connectivity index (χ0n) is 8.60. The second-order valence-corrected chi connectivity index (χ2v) is 4.61. The molecule has 3 nitrogen and oxygen atoms in total.